The average molecular weight is 614 g/mol. The van der Waals surface area contributed by atoms with Gasteiger partial charge in [-0.3, -0.25) is 4.79 Å². The van der Waals surface area contributed by atoms with Gasteiger partial charge in [0.25, 0.3) is 5.91 Å². The van der Waals surface area contributed by atoms with E-state index in [2.05, 4.69) is 15.1 Å². The maximum absolute atomic E-state index is 13.1. The lowest BCUT2D eigenvalue weighted by Gasteiger charge is -2.42. The summed E-state index contributed by atoms with van der Waals surface area (Å²) in [6.07, 6.45) is -4.12. The number of rotatable bonds is 11. The van der Waals surface area contributed by atoms with Gasteiger partial charge in [0.05, 0.1) is 24.3 Å². The summed E-state index contributed by atoms with van der Waals surface area (Å²) >= 11 is 0. The summed E-state index contributed by atoms with van der Waals surface area (Å²) < 4.78 is 39.3. The predicted octanol–water partition coefficient (Wildman–Crippen LogP) is 5.29. The van der Waals surface area contributed by atoms with E-state index in [1.54, 1.807) is 55.5 Å². The highest BCUT2D eigenvalue weighted by molar-refractivity contribution is 5.94. The van der Waals surface area contributed by atoms with Gasteiger partial charge in [-0.2, -0.15) is 13.2 Å². The minimum Gasteiger partial charge on any atom is -0.394 e. The number of anilines is 1. The molecule has 1 aliphatic rings. The van der Waals surface area contributed by atoms with Crippen molar-refractivity contribution >= 4 is 11.6 Å². The molecule has 0 aromatic heterocycles. The van der Waals surface area contributed by atoms with Gasteiger partial charge >= 0.3 is 6.18 Å². The molecule has 238 valence electrons. The van der Waals surface area contributed by atoms with Crippen LogP contribution in [0, 0.1) is 0 Å². The number of carbonyl (C=O) groups excluding carboxylic acids is 1. The van der Waals surface area contributed by atoms with Gasteiger partial charge in [-0.25, -0.2) is 0 Å². The first-order valence-electron chi connectivity index (χ1n) is 15.0. The van der Waals surface area contributed by atoms with Gasteiger partial charge in [-0.1, -0.05) is 43.3 Å². The number of carbonyl (C=O) groups is 1. The summed E-state index contributed by atoms with van der Waals surface area (Å²) in [6, 6.07) is 19.0. The molecule has 3 unspecified atom stereocenters. The van der Waals surface area contributed by atoms with Crippen LogP contribution < -0.4 is 10.2 Å². The van der Waals surface area contributed by atoms with Crippen molar-refractivity contribution in [2.45, 2.75) is 62.6 Å². The first kappa shape index (κ1) is 33.5. The van der Waals surface area contributed by atoms with Crippen molar-refractivity contribution in [1.29, 1.82) is 0 Å². The third-order valence-corrected chi connectivity index (χ3v) is 8.40. The van der Waals surface area contributed by atoms with Gasteiger partial charge < -0.3 is 30.4 Å². The standard InChI is InChI=1S/C34H42F3N3O4/c1-4-31(42)32(43)24-7-5-23(6-8-24)30(21-41)38-33(44)25-11-16-28(17-12-25)40-19-26(13-18-29(40)20-39(2)3)22-9-14-27(15-10-22)34(35,36)37/h5-12,14-17,26,29-32,41-43H,4,13,18-21H2,1-3H3,(H,38,44)/t26?,29-,30-,31?,32?/m0/s1. The van der Waals surface area contributed by atoms with Gasteiger partial charge in [0.1, 0.15) is 6.10 Å². The largest absolute Gasteiger partial charge is 0.416 e. The number of benzene rings is 3. The van der Waals surface area contributed by atoms with E-state index in [-0.39, 0.29) is 24.5 Å². The van der Waals surface area contributed by atoms with Crippen LogP contribution >= 0.6 is 0 Å². The van der Waals surface area contributed by atoms with Gasteiger partial charge in [-0.15, -0.1) is 0 Å². The summed E-state index contributed by atoms with van der Waals surface area (Å²) in [4.78, 5) is 17.5. The van der Waals surface area contributed by atoms with Gasteiger partial charge in [0, 0.05) is 36.3 Å². The van der Waals surface area contributed by atoms with E-state index in [1.807, 2.05) is 26.2 Å². The van der Waals surface area contributed by atoms with E-state index in [0.717, 1.165) is 42.8 Å². The Morgan fingerprint density at radius 3 is 2.11 bits per heavy atom. The van der Waals surface area contributed by atoms with Crippen molar-refractivity contribution in [2.24, 2.45) is 0 Å². The summed E-state index contributed by atoms with van der Waals surface area (Å²) in [5.74, 6) is -0.283. The number of likely N-dealkylation sites (N-methyl/N-ethyl adjacent to an activating group) is 1. The molecular formula is C34H42F3N3O4. The molecule has 10 heteroatoms. The lowest BCUT2D eigenvalue weighted by molar-refractivity contribution is -0.137. The Morgan fingerprint density at radius 2 is 1.57 bits per heavy atom. The van der Waals surface area contributed by atoms with E-state index in [9.17, 15) is 33.3 Å². The van der Waals surface area contributed by atoms with E-state index < -0.39 is 30.0 Å². The average Bonchev–Trinajstić information content (AvgIpc) is 3.02. The topological polar surface area (TPSA) is 96.3 Å². The number of alkyl halides is 3. The number of nitrogens with zero attached hydrogens (tertiary/aromatic N) is 2. The second-order valence-corrected chi connectivity index (χ2v) is 11.8. The molecule has 44 heavy (non-hydrogen) atoms. The lowest BCUT2D eigenvalue weighted by Crippen LogP contribution is -2.47. The van der Waals surface area contributed by atoms with E-state index in [1.165, 1.54) is 0 Å². The van der Waals surface area contributed by atoms with Gasteiger partial charge in [0.2, 0.25) is 0 Å². The molecule has 1 fully saturated rings. The smallest absolute Gasteiger partial charge is 0.394 e. The molecule has 1 aliphatic heterocycles. The van der Waals surface area contributed by atoms with E-state index in [0.29, 0.717) is 29.7 Å². The Morgan fingerprint density at radius 1 is 0.955 bits per heavy atom. The Balaban J connectivity index is 1.47. The van der Waals surface area contributed by atoms with Crippen molar-refractivity contribution < 1.29 is 33.3 Å². The van der Waals surface area contributed by atoms with Crippen LogP contribution in [-0.4, -0.2) is 72.1 Å². The van der Waals surface area contributed by atoms with Crippen LogP contribution in [0.15, 0.2) is 72.8 Å². The summed E-state index contributed by atoms with van der Waals surface area (Å²) in [6.45, 7) is 2.91. The van der Waals surface area contributed by atoms with E-state index >= 15 is 0 Å². The molecule has 4 N–H and O–H groups in total. The predicted molar refractivity (Wildman–Crippen MR) is 165 cm³/mol. The fourth-order valence-corrected chi connectivity index (χ4v) is 5.82. The second kappa shape index (κ2) is 14.6. The number of aliphatic hydroxyl groups is 3. The highest BCUT2D eigenvalue weighted by Gasteiger charge is 2.32. The molecule has 0 radical (unpaired) electrons. The minimum atomic E-state index is -4.37. The molecule has 0 spiro atoms. The minimum absolute atomic E-state index is 0.0710. The molecule has 0 aliphatic carbocycles. The third kappa shape index (κ3) is 8.18. The van der Waals surface area contributed by atoms with Gasteiger partial charge in [0.15, 0.2) is 0 Å². The molecule has 7 nitrogen and oxygen atoms in total. The number of nitrogens with one attached hydrogen (secondary N) is 1. The van der Waals surface area contributed by atoms with Crippen LogP contribution in [-0.2, 0) is 6.18 Å². The second-order valence-electron chi connectivity index (χ2n) is 11.8. The molecule has 0 bridgehead atoms. The number of halogens is 3. The molecule has 1 saturated heterocycles. The fourth-order valence-electron chi connectivity index (χ4n) is 5.82. The van der Waals surface area contributed by atoms with Crippen LogP contribution in [0.2, 0.25) is 0 Å². The highest BCUT2D eigenvalue weighted by atomic mass is 19.4. The highest BCUT2D eigenvalue weighted by Crippen LogP contribution is 2.36. The summed E-state index contributed by atoms with van der Waals surface area (Å²) in [5, 5.41) is 33.0. The molecule has 1 heterocycles. The Hall–Kier alpha value is -3.44. The number of piperidine rings is 1. The van der Waals surface area contributed by atoms with Crippen LogP contribution in [0.4, 0.5) is 18.9 Å². The Bertz CT molecular complexity index is 1350. The quantitative estimate of drug-likeness (QED) is 0.235. The normalized spacial score (nSPS) is 19.5. The van der Waals surface area contributed by atoms with Crippen LogP contribution in [0.25, 0.3) is 0 Å². The Labute approximate surface area is 256 Å². The monoisotopic (exact) mass is 613 g/mol. The molecular weight excluding hydrogens is 571 g/mol. The Kier molecular flexibility index (Phi) is 11.1. The zero-order chi connectivity index (χ0) is 32.0. The first-order chi connectivity index (χ1) is 20.9. The first-order valence-corrected chi connectivity index (χ1v) is 15.0. The maximum Gasteiger partial charge on any atom is 0.416 e. The molecule has 1 amide bonds. The zero-order valence-electron chi connectivity index (χ0n) is 25.3. The number of hydrogen-bond acceptors (Lipinski definition) is 6. The molecule has 4 rings (SSSR count). The number of amides is 1. The molecule has 3 aromatic rings. The van der Waals surface area contributed by atoms with Crippen molar-refractivity contribution in [3.63, 3.8) is 0 Å². The van der Waals surface area contributed by atoms with Crippen LogP contribution in [0.3, 0.4) is 0 Å². The fraction of sp³-hybridized carbons (Fsp3) is 0.441. The lowest BCUT2D eigenvalue weighted by atomic mass is 9.86. The van der Waals surface area contributed by atoms with Crippen molar-refractivity contribution in [2.75, 3.05) is 38.7 Å². The number of hydrogen-bond donors (Lipinski definition) is 4. The summed E-state index contributed by atoms with van der Waals surface area (Å²) in [5.41, 5.74) is 2.78. The van der Waals surface area contributed by atoms with Gasteiger partial charge in [-0.05, 0) is 86.4 Å². The molecule has 3 aromatic carbocycles. The maximum atomic E-state index is 13.1. The number of aliphatic hydroxyl groups excluding tert-OH is 3. The van der Waals surface area contributed by atoms with Crippen LogP contribution in [0.5, 0.6) is 0 Å². The van der Waals surface area contributed by atoms with Crippen LogP contribution in [0.1, 0.15) is 76.9 Å². The molecule has 0 saturated carbocycles. The zero-order valence-corrected chi connectivity index (χ0v) is 25.3. The molecule has 5 atom stereocenters. The SMILES string of the molecule is CCC(O)C(O)c1ccc([C@H](CO)NC(=O)c2ccc(N3CC(c4ccc(C(F)(F)F)cc4)CC[C@H]3CN(C)C)cc2)cc1. The summed E-state index contributed by atoms with van der Waals surface area (Å²) in [7, 11) is 4.02. The third-order valence-electron chi connectivity index (χ3n) is 8.40. The van der Waals surface area contributed by atoms with Crippen molar-refractivity contribution in [1.82, 2.24) is 10.2 Å². The van der Waals surface area contributed by atoms with Crippen molar-refractivity contribution in [3.8, 4) is 0 Å². The van der Waals surface area contributed by atoms with E-state index in [4.69, 9.17) is 0 Å². The van der Waals surface area contributed by atoms with Crippen molar-refractivity contribution in [3.05, 3.63) is 101 Å².